The van der Waals surface area contributed by atoms with Gasteiger partial charge in [-0.25, -0.2) is 8.78 Å². The zero-order valence-electron chi connectivity index (χ0n) is 22.9. The summed E-state index contributed by atoms with van der Waals surface area (Å²) < 4.78 is 33.1. The fourth-order valence-corrected chi connectivity index (χ4v) is 5.70. The summed E-state index contributed by atoms with van der Waals surface area (Å²) >= 11 is 0. The maximum absolute atomic E-state index is 14.3. The minimum Gasteiger partial charge on any atom is -0.367 e. The van der Waals surface area contributed by atoms with E-state index in [1.165, 1.54) is 12.1 Å². The average Bonchev–Trinajstić information content (AvgIpc) is 3.15. The molecule has 2 amide bonds. The minimum absolute atomic E-state index is 0.0120. The van der Waals surface area contributed by atoms with Gasteiger partial charge in [0.25, 0.3) is 0 Å². The molecule has 1 aromatic heterocycles. The van der Waals surface area contributed by atoms with E-state index in [1.807, 2.05) is 25.7 Å². The van der Waals surface area contributed by atoms with Crippen molar-refractivity contribution in [3.8, 4) is 0 Å². The Morgan fingerprint density at radius 2 is 1.97 bits per heavy atom. The Kier molecular flexibility index (Phi) is 7.67. The lowest BCUT2D eigenvalue weighted by molar-refractivity contribution is -0.149. The van der Waals surface area contributed by atoms with E-state index in [1.54, 1.807) is 11.0 Å². The molecule has 2 saturated heterocycles. The highest BCUT2D eigenvalue weighted by molar-refractivity contribution is 5.97. The summed E-state index contributed by atoms with van der Waals surface area (Å²) in [5.41, 5.74) is 1.81. The van der Waals surface area contributed by atoms with Crippen molar-refractivity contribution in [3.05, 3.63) is 52.9 Å². The van der Waals surface area contributed by atoms with E-state index in [4.69, 9.17) is 4.74 Å². The Morgan fingerprint density at radius 3 is 2.74 bits per heavy atom. The van der Waals surface area contributed by atoms with Crippen molar-refractivity contribution in [1.82, 2.24) is 25.3 Å². The second-order valence-corrected chi connectivity index (χ2v) is 11.7. The van der Waals surface area contributed by atoms with Crippen LogP contribution in [0.2, 0.25) is 0 Å². The summed E-state index contributed by atoms with van der Waals surface area (Å²) in [4.78, 5) is 32.0. The van der Waals surface area contributed by atoms with Gasteiger partial charge < -0.3 is 19.9 Å². The number of fused-ring (bicyclic) bond motifs is 1. The van der Waals surface area contributed by atoms with Crippen LogP contribution in [0.5, 0.6) is 0 Å². The third kappa shape index (κ3) is 5.95. The number of carbonyl (C=O) groups is 2. The number of morpholine rings is 1. The lowest BCUT2D eigenvalue weighted by Gasteiger charge is -2.42. The number of aromatic nitrogens is 2. The molecule has 5 rings (SSSR count). The first-order chi connectivity index (χ1) is 18.5. The van der Waals surface area contributed by atoms with Gasteiger partial charge in [0.2, 0.25) is 11.8 Å². The van der Waals surface area contributed by atoms with Gasteiger partial charge in [0.1, 0.15) is 18.2 Å². The molecule has 0 aliphatic carbocycles. The molecule has 9 nitrogen and oxygen atoms in total. The van der Waals surface area contributed by atoms with Crippen molar-refractivity contribution < 1.29 is 23.1 Å². The molecule has 3 atom stereocenters. The van der Waals surface area contributed by atoms with E-state index in [-0.39, 0.29) is 49.6 Å². The first kappa shape index (κ1) is 27.5. The number of ether oxygens (including phenoxy) is 1. The number of rotatable bonds is 6. The van der Waals surface area contributed by atoms with E-state index >= 15 is 0 Å². The Morgan fingerprint density at radius 1 is 1.18 bits per heavy atom. The van der Waals surface area contributed by atoms with Crippen LogP contribution in [-0.4, -0.2) is 95.9 Å². The van der Waals surface area contributed by atoms with Gasteiger partial charge in [-0.1, -0.05) is 19.9 Å². The van der Waals surface area contributed by atoms with Gasteiger partial charge in [-0.05, 0) is 31.5 Å². The van der Waals surface area contributed by atoms with E-state index in [0.29, 0.717) is 49.7 Å². The largest absolute Gasteiger partial charge is 0.367 e. The number of nitrogens with one attached hydrogen (secondary N) is 1. The van der Waals surface area contributed by atoms with Crippen molar-refractivity contribution in [3.63, 3.8) is 0 Å². The molecule has 3 aliphatic heterocycles. The molecule has 11 heteroatoms. The predicted octanol–water partition coefficient (Wildman–Crippen LogP) is 1.88. The zero-order valence-corrected chi connectivity index (χ0v) is 22.9. The molecule has 4 heterocycles. The normalized spacial score (nSPS) is 25.2. The molecule has 0 unspecified atom stereocenters. The van der Waals surface area contributed by atoms with Crippen molar-refractivity contribution in [2.45, 2.75) is 57.7 Å². The highest BCUT2D eigenvalue weighted by Crippen LogP contribution is 2.39. The van der Waals surface area contributed by atoms with Gasteiger partial charge >= 0.3 is 0 Å². The van der Waals surface area contributed by atoms with Crippen LogP contribution in [0.1, 0.15) is 44.6 Å². The summed E-state index contributed by atoms with van der Waals surface area (Å²) in [6.07, 6.45) is 0.119. The van der Waals surface area contributed by atoms with Gasteiger partial charge in [-0.2, -0.15) is 10.2 Å². The van der Waals surface area contributed by atoms with Gasteiger partial charge in [0.05, 0.1) is 29.7 Å². The molecular weight excluding hydrogens is 506 g/mol. The maximum Gasteiger partial charge on any atom is 0.248 e. The monoisotopic (exact) mass is 542 g/mol. The third-order valence-electron chi connectivity index (χ3n) is 7.82. The van der Waals surface area contributed by atoms with Crippen LogP contribution in [-0.2, 0) is 26.2 Å². The van der Waals surface area contributed by atoms with Crippen LogP contribution in [0.4, 0.5) is 14.5 Å². The number of hydrogen-bond acceptors (Lipinski definition) is 7. The predicted molar refractivity (Wildman–Crippen MR) is 141 cm³/mol. The van der Waals surface area contributed by atoms with Crippen molar-refractivity contribution in [2.75, 3.05) is 50.8 Å². The van der Waals surface area contributed by atoms with Crippen molar-refractivity contribution >= 4 is 17.5 Å². The molecule has 2 aromatic rings. The lowest BCUT2D eigenvalue weighted by atomic mass is 9.91. The van der Waals surface area contributed by atoms with Gasteiger partial charge in [-0.15, -0.1) is 0 Å². The van der Waals surface area contributed by atoms with Crippen LogP contribution in [0.25, 0.3) is 0 Å². The summed E-state index contributed by atoms with van der Waals surface area (Å²) in [5, 5.41) is 12.2. The van der Waals surface area contributed by atoms with Crippen LogP contribution >= 0.6 is 0 Å². The average molecular weight is 543 g/mol. The number of piperazine rings is 1. The third-order valence-corrected chi connectivity index (χ3v) is 7.82. The molecule has 210 valence electrons. The quantitative estimate of drug-likeness (QED) is 0.596. The van der Waals surface area contributed by atoms with Crippen molar-refractivity contribution in [1.29, 1.82) is 0 Å². The number of anilines is 1. The smallest absolute Gasteiger partial charge is 0.248 e. The molecule has 0 saturated carbocycles. The summed E-state index contributed by atoms with van der Waals surface area (Å²) in [5.74, 6) is -1.37. The van der Waals surface area contributed by atoms with Crippen LogP contribution in [0.15, 0.2) is 24.3 Å². The van der Waals surface area contributed by atoms with Crippen LogP contribution < -0.4 is 10.2 Å². The van der Waals surface area contributed by atoms with E-state index in [0.717, 1.165) is 11.8 Å². The number of amides is 2. The maximum atomic E-state index is 14.3. The van der Waals surface area contributed by atoms with Gasteiger partial charge in [0, 0.05) is 62.7 Å². The lowest BCUT2D eigenvalue weighted by Crippen LogP contribution is -2.62. The van der Waals surface area contributed by atoms with E-state index < -0.39 is 17.0 Å². The molecule has 0 radical (unpaired) electrons. The van der Waals surface area contributed by atoms with Crippen molar-refractivity contribution in [2.24, 2.45) is 0 Å². The number of carbonyl (C=O) groups excluding carboxylic acids is 2. The molecule has 39 heavy (non-hydrogen) atoms. The van der Waals surface area contributed by atoms with Gasteiger partial charge in [-0.3, -0.25) is 14.5 Å². The fourth-order valence-electron chi connectivity index (χ4n) is 5.70. The topological polar surface area (TPSA) is 90.9 Å². The molecule has 1 aromatic carbocycles. The highest BCUT2D eigenvalue weighted by Gasteiger charge is 2.41. The molecular formula is C28H36F2N6O3. The Hall–Kier alpha value is -3.02. The van der Waals surface area contributed by atoms with E-state index in [9.17, 15) is 18.4 Å². The summed E-state index contributed by atoms with van der Waals surface area (Å²) in [6.45, 7) is 11.2. The second-order valence-electron chi connectivity index (χ2n) is 11.7. The van der Waals surface area contributed by atoms with E-state index in [2.05, 4.69) is 27.3 Å². The van der Waals surface area contributed by atoms with Gasteiger partial charge in [0.15, 0.2) is 0 Å². The SMILES string of the molecule is C[C@@H]1CN(CC(=O)N2CC(C)(C)c3nnc(Cc4ccc(F)cc4F)cc32)[C@@H](CN2C[C@H](C)OCC2=O)CN1. The first-order valence-corrected chi connectivity index (χ1v) is 13.5. The molecule has 2 fully saturated rings. The molecule has 0 spiro atoms. The Bertz CT molecular complexity index is 1260. The standard InChI is InChI=1S/C28H36F2N6O3/c1-17-11-34(22(10-31-17)13-35-12-18(2)39-15-26(35)38)14-25(37)36-16-28(3,4)27-24(36)9-21(32-33-27)7-19-5-6-20(29)8-23(19)30/h5-6,8-9,17-18,22,31H,7,10-16H2,1-4H3/t17-,18+,22-/m1/s1. The number of benzene rings is 1. The summed E-state index contributed by atoms with van der Waals surface area (Å²) in [6, 6.07) is 5.46. The molecule has 1 N–H and O–H groups in total. The van der Waals surface area contributed by atoms with Crippen LogP contribution in [0.3, 0.4) is 0 Å². The molecule has 3 aliphatic rings. The fraction of sp³-hybridized carbons (Fsp3) is 0.571. The Balaban J connectivity index is 1.34. The second kappa shape index (κ2) is 10.9. The molecule has 0 bridgehead atoms. The highest BCUT2D eigenvalue weighted by atomic mass is 19.1. The minimum atomic E-state index is -0.641. The number of hydrogen-bond donors (Lipinski definition) is 1. The summed E-state index contributed by atoms with van der Waals surface area (Å²) in [7, 11) is 0. The zero-order chi connectivity index (χ0) is 27.9. The Labute approximate surface area is 227 Å². The number of nitrogens with zero attached hydrogens (tertiary/aromatic N) is 5. The number of halogens is 2. The first-order valence-electron chi connectivity index (χ1n) is 13.5. The van der Waals surface area contributed by atoms with Crippen LogP contribution in [0, 0.1) is 11.6 Å².